The van der Waals surface area contributed by atoms with Crippen molar-refractivity contribution in [3.63, 3.8) is 0 Å². The Morgan fingerprint density at radius 1 is 1.17 bits per heavy atom. The molecule has 2 amide bonds. The molecule has 0 unspecified atom stereocenters. The maximum absolute atomic E-state index is 12.2. The van der Waals surface area contributed by atoms with Crippen LogP contribution in [0.5, 0.6) is 0 Å². The van der Waals surface area contributed by atoms with Gasteiger partial charge in [-0.1, -0.05) is 32.6 Å². The van der Waals surface area contributed by atoms with Gasteiger partial charge in [-0.15, -0.1) is 0 Å². The van der Waals surface area contributed by atoms with Crippen LogP contribution in [0.3, 0.4) is 0 Å². The smallest absolute Gasteiger partial charge is 0.284 e. The highest BCUT2D eigenvalue weighted by atomic mass is 16.2. The number of fused-ring (bicyclic) bond motifs is 1. The molecule has 2 aliphatic heterocycles. The minimum Gasteiger partial charge on any atom is -0.305 e. The minimum atomic E-state index is -0.396. The molecule has 2 aliphatic rings. The SMILES string of the molecule is CCCCCCCC(=O)NC1=NC(=O)C2=C(CN(C)C)C=NC2=N1. The molecule has 0 aliphatic carbocycles. The number of aliphatic imine (C=N–C) groups is 3. The second-order valence-electron chi connectivity index (χ2n) is 6.28. The first-order chi connectivity index (χ1) is 11.5. The van der Waals surface area contributed by atoms with Gasteiger partial charge in [0.15, 0.2) is 5.84 Å². The number of amides is 2. The molecule has 0 saturated carbocycles. The number of likely N-dealkylation sites (N-methyl/N-ethyl adjacent to an activating group) is 1. The first kappa shape index (κ1) is 18.2. The van der Waals surface area contributed by atoms with Crippen LogP contribution in [0.4, 0.5) is 0 Å². The van der Waals surface area contributed by atoms with Crippen LogP contribution >= 0.6 is 0 Å². The molecule has 0 aromatic heterocycles. The number of rotatable bonds is 8. The summed E-state index contributed by atoms with van der Waals surface area (Å²) in [5, 5.41) is 2.60. The van der Waals surface area contributed by atoms with Gasteiger partial charge < -0.3 is 4.90 Å². The van der Waals surface area contributed by atoms with Crippen molar-refractivity contribution < 1.29 is 9.59 Å². The fraction of sp³-hybridized carbons (Fsp3) is 0.588. The maximum Gasteiger partial charge on any atom is 0.284 e. The summed E-state index contributed by atoms with van der Waals surface area (Å²) in [4.78, 5) is 38.3. The second-order valence-corrected chi connectivity index (χ2v) is 6.28. The van der Waals surface area contributed by atoms with Crippen LogP contribution < -0.4 is 5.32 Å². The van der Waals surface area contributed by atoms with Gasteiger partial charge in [0.2, 0.25) is 11.9 Å². The Kier molecular flexibility index (Phi) is 6.54. The van der Waals surface area contributed by atoms with Gasteiger partial charge in [-0.2, -0.15) is 9.98 Å². The zero-order chi connectivity index (χ0) is 17.5. The lowest BCUT2D eigenvalue weighted by molar-refractivity contribution is -0.119. The highest BCUT2D eigenvalue weighted by Gasteiger charge is 2.29. The molecule has 0 aromatic rings. The fourth-order valence-electron chi connectivity index (χ4n) is 2.60. The van der Waals surface area contributed by atoms with E-state index in [0.717, 1.165) is 24.8 Å². The summed E-state index contributed by atoms with van der Waals surface area (Å²) in [6.45, 7) is 2.75. The molecular weight excluding hydrogens is 306 g/mol. The summed E-state index contributed by atoms with van der Waals surface area (Å²) in [5.41, 5.74) is 1.23. The summed E-state index contributed by atoms with van der Waals surface area (Å²) < 4.78 is 0. The van der Waals surface area contributed by atoms with Crippen LogP contribution in [0.1, 0.15) is 45.4 Å². The third-order valence-corrected chi connectivity index (χ3v) is 3.77. The van der Waals surface area contributed by atoms with Crippen LogP contribution in [0.25, 0.3) is 0 Å². The van der Waals surface area contributed by atoms with Gasteiger partial charge in [0.25, 0.3) is 5.91 Å². The van der Waals surface area contributed by atoms with Gasteiger partial charge >= 0.3 is 0 Å². The average molecular weight is 331 g/mol. The van der Waals surface area contributed by atoms with E-state index in [2.05, 4.69) is 27.2 Å². The minimum absolute atomic E-state index is 0.0422. The topological polar surface area (TPSA) is 86.5 Å². The number of carbonyl (C=O) groups is 2. The number of hydrogen-bond acceptors (Lipinski definition) is 5. The Morgan fingerprint density at radius 3 is 2.62 bits per heavy atom. The summed E-state index contributed by atoms with van der Waals surface area (Å²) >= 11 is 0. The molecule has 2 rings (SSSR count). The molecule has 130 valence electrons. The van der Waals surface area contributed by atoms with Gasteiger partial charge in [-0.3, -0.25) is 14.9 Å². The predicted octanol–water partition coefficient (Wildman–Crippen LogP) is 1.70. The first-order valence-electron chi connectivity index (χ1n) is 8.45. The van der Waals surface area contributed by atoms with E-state index in [1.807, 2.05) is 19.0 Å². The molecule has 0 fully saturated rings. The number of carbonyl (C=O) groups excluding carboxylic acids is 2. The van der Waals surface area contributed by atoms with Crippen molar-refractivity contribution >= 4 is 29.8 Å². The molecule has 0 bridgehead atoms. The van der Waals surface area contributed by atoms with Crippen LogP contribution in [-0.4, -0.2) is 55.4 Å². The van der Waals surface area contributed by atoms with Crippen LogP contribution in [-0.2, 0) is 9.59 Å². The number of hydrogen-bond donors (Lipinski definition) is 1. The molecular formula is C17H25N5O2. The molecule has 7 heteroatoms. The van der Waals surface area contributed by atoms with Crippen molar-refractivity contribution in [2.24, 2.45) is 15.0 Å². The van der Waals surface area contributed by atoms with E-state index in [-0.39, 0.29) is 11.9 Å². The molecule has 0 saturated heterocycles. The van der Waals surface area contributed by atoms with E-state index in [0.29, 0.717) is 24.4 Å². The maximum atomic E-state index is 12.2. The molecule has 0 radical (unpaired) electrons. The molecule has 0 atom stereocenters. The fourth-order valence-corrected chi connectivity index (χ4v) is 2.60. The molecule has 1 N–H and O–H groups in total. The van der Waals surface area contributed by atoms with E-state index >= 15 is 0 Å². The number of nitrogens with zero attached hydrogens (tertiary/aromatic N) is 4. The van der Waals surface area contributed by atoms with Gasteiger partial charge in [0, 0.05) is 24.8 Å². The molecule has 0 spiro atoms. The largest absolute Gasteiger partial charge is 0.305 e. The summed E-state index contributed by atoms with van der Waals surface area (Å²) in [7, 11) is 3.83. The Morgan fingerprint density at radius 2 is 1.92 bits per heavy atom. The standard InChI is InChI=1S/C17H25N5O2/c1-4-5-6-7-8-9-13(23)19-17-20-15-14(16(24)21-17)12(10-18-15)11-22(2)3/h10H,4-9,11H2,1-3H3,(H,19,21,23,24). The van der Waals surface area contributed by atoms with E-state index in [4.69, 9.17) is 0 Å². The summed E-state index contributed by atoms with van der Waals surface area (Å²) in [6, 6.07) is 0. The zero-order valence-corrected chi connectivity index (χ0v) is 14.6. The normalized spacial score (nSPS) is 16.4. The number of amidine groups is 1. The molecule has 7 nitrogen and oxygen atoms in total. The van der Waals surface area contributed by atoms with Gasteiger partial charge in [0.05, 0.1) is 5.57 Å². The Balaban J connectivity index is 1.91. The van der Waals surface area contributed by atoms with E-state index in [1.165, 1.54) is 12.8 Å². The Labute approximate surface area is 142 Å². The van der Waals surface area contributed by atoms with Crippen molar-refractivity contribution in [3.8, 4) is 0 Å². The molecule has 2 heterocycles. The van der Waals surface area contributed by atoms with Crippen LogP contribution in [0, 0.1) is 0 Å². The third-order valence-electron chi connectivity index (χ3n) is 3.77. The Hall–Kier alpha value is -2.15. The highest BCUT2D eigenvalue weighted by molar-refractivity contribution is 6.34. The lowest BCUT2D eigenvalue weighted by Crippen LogP contribution is -2.33. The van der Waals surface area contributed by atoms with Gasteiger partial charge in [0.1, 0.15) is 0 Å². The summed E-state index contributed by atoms with van der Waals surface area (Å²) in [5.74, 6) is -0.177. The quantitative estimate of drug-likeness (QED) is 0.687. The first-order valence-corrected chi connectivity index (χ1v) is 8.45. The van der Waals surface area contributed by atoms with Crippen molar-refractivity contribution in [1.82, 2.24) is 10.2 Å². The lowest BCUT2D eigenvalue weighted by atomic mass is 10.1. The van der Waals surface area contributed by atoms with E-state index < -0.39 is 5.91 Å². The van der Waals surface area contributed by atoms with Crippen LogP contribution in [0.15, 0.2) is 26.1 Å². The molecule has 0 aromatic carbocycles. The number of guanidine groups is 1. The third kappa shape index (κ3) is 4.92. The average Bonchev–Trinajstić information content (AvgIpc) is 2.89. The number of nitrogens with one attached hydrogen (secondary N) is 1. The molecule has 24 heavy (non-hydrogen) atoms. The van der Waals surface area contributed by atoms with Crippen molar-refractivity contribution in [2.75, 3.05) is 20.6 Å². The van der Waals surface area contributed by atoms with Gasteiger partial charge in [-0.25, -0.2) is 4.99 Å². The van der Waals surface area contributed by atoms with Crippen LogP contribution in [0.2, 0.25) is 0 Å². The van der Waals surface area contributed by atoms with Gasteiger partial charge in [-0.05, 0) is 20.5 Å². The van der Waals surface area contributed by atoms with Crippen molar-refractivity contribution in [1.29, 1.82) is 0 Å². The van der Waals surface area contributed by atoms with E-state index in [9.17, 15) is 9.59 Å². The van der Waals surface area contributed by atoms with E-state index in [1.54, 1.807) is 6.21 Å². The monoisotopic (exact) mass is 331 g/mol. The number of unbranched alkanes of at least 4 members (excludes halogenated alkanes) is 4. The summed E-state index contributed by atoms with van der Waals surface area (Å²) in [6.07, 6.45) is 7.43. The zero-order valence-electron chi connectivity index (χ0n) is 14.6. The van der Waals surface area contributed by atoms with Crippen molar-refractivity contribution in [2.45, 2.75) is 45.4 Å². The highest BCUT2D eigenvalue weighted by Crippen LogP contribution is 2.19. The Bertz CT molecular complexity index is 629. The predicted molar refractivity (Wildman–Crippen MR) is 95.5 cm³/mol. The second kappa shape index (κ2) is 8.63. The lowest BCUT2D eigenvalue weighted by Gasteiger charge is -2.13. The van der Waals surface area contributed by atoms with Crippen molar-refractivity contribution in [3.05, 3.63) is 11.1 Å².